The quantitative estimate of drug-likeness (QED) is 0.190. The molecule has 3 N–H and O–H groups in total. The van der Waals surface area contributed by atoms with E-state index in [9.17, 15) is 29.7 Å². The lowest BCUT2D eigenvalue weighted by Crippen LogP contribution is -2.12. The molecular formula is C24H15Cl3O8. The maximum absolute atomic E-state index is 12.6. The average molecular weight is 538 g/mol. The zero-order valence-electron chi connectivity index (χ0n) is 17.8. The Hall–Kier alpha value is -3.46. The van der Waals surface area contributed by atoms with Gasteiger partial charge in [0.25, 0.3) is 0 Å². The van der Waals surface area contributed by atoms with Crippen LogP contribution in [0.5, 0.6) is 11.5 Å². The van der Waals surface area contributed by atoms with Crippen LogP contribution in [0.15, 0.2) is 39.5 Å². The van der Waals surface area contributed by atoms with Crippen molar-refractivity contribution in [1.29, 1.82) is 0 Å². The van der Waals surface area contributed by atoms with Gasteiger partial charge in [0.1, 0.15) is 17.1 Å². The van der Waals surface area contributed by atoms with Crippen molar-refractivity contribution < 1.29 is 34.1 Å². The number of phenols is 1. The first-order chi connectivity index (χ1) is 16.6. The molecule has 11 heteroatoms. The lowest BCUT2D eigenvalue weighted by atomic mass is 9.91. The van der Waals surface area contributed by atoms with Crippen molar-refractivity contribution in [1.82, 2.24) is 0 Å². The molecule has 1 aliphatic carbocycles. The van der Waals surface area contributed by atoms with Gasteiger partial charge in [-0.25, -0.2) is 9.59 Å². The van der Waals surface area contributed by atoms with E-state index in [0.29, 0.717) is 11.8 Å². The molecule has 2 aromatic rings. The molecule has 4 rings (SSSR count). The summed E-state index contributed by atoms with van der Waals surface area (Å²) in [6.07, 6.45) is 0.637. The number of phenolic OH excluding ortho intramolecular Hbond substituents is 1. The van der Waals surface area contributed by atoms with E-state index < -0.39 is 38.5 Å². The Kier molecular flexibility index (Phi) is 6.55. The minimum Gasteiger partial charge on any atom is -0.508 e. The van der Waals surface area contributed by atoms with E-state index in [2.05, 4.69) is 0 Å². The molecule has 0 aromatic heterocycles. The average Bonchev–Trinajstić information content (AvgIpc) is 2.79. The number of rotatable bonds is 6. The Labute approximate surface area is 212 Å². The van der Waals surface area contributed by atoms with Gasteiger partial charge in [0.05, 0.1) is 32.8 Å². The highest BCUT2D eigenvalue weighted by Gasteiger charge is 2.32. The lowest BCUT2D eigenvalue weighted by molar-refractivity contribution is 0.0652. The minimum absolute atomic E-state index is 0.00730. The number of hydrogen-bond donors (Lipinski definition) is 3. The van der Waals surface area contributed by atoms with Gasteiger partial charge in [-0.2, -0.15) is 0 Å². The maximum Gasteiger partial charge on any atom is 0.338 e. The summed E-state index contributed by atoms with van der Waals surface area (Å²) in [7, 11) is 0. The molecule has 0 unspecified atom stereocenters. The molecule has 0 bridgehead atoms. The molecule has 1 heterocycles. The van der Waals surface area contributed by atoms with E-state index in [1.165, 1.54) is 30.3 Å². The number of aromatic carboxylic acids is 2. The van der Waals surface area contributed by atoms with Crippen LogP contribution >= 0.6 is 34.8 Å². The van der Waals surface area contributed by atoms with Gasteiger partial charge in [0, 0.05) is 34.2 Å². The topological polar surface area (TPSA) is 134 Å². The number of aromatic hydroxyl groups is 1. The number of carboxylic acids is 2. The summed E-state index contributed by atoms with van der Waals surface area (Å²) in [5.74, 6) is -3.33. The summed E-state index contributed by atoms with van der Waals surface area (Å²) in [4.78, 5) is 36.4. The summed E-state index contributed by atoms with van der Waals surface area (Å²) in [6.45, 7) is 2.13. The second kappa shape index (κ2) is 9.30. The first-order valence-electron chi connectivity index (χ1n) is 10.1. The summed E-state index contributed by atoms with van der Waals surface area (Å²) < 4.78 is 11.4. The standard InChI is InChI=1S/C24H15Cl3O8/c1-2-5-34-15-7-11-14(8-12(15)29)35-13-6-9(28)3-4-10(13)16(11)17-20(25)18(23(30)31)19(24(32)33)22(27)21(17)26/h3-4,6-8,28H,2,5H2,1H3,(H,30,31)(H,32,33). The molecule has 2 aliphatic rings. The fourth-order valence-corrected chi connectivity index (χ4v) is 4.73. The Morgan fingerprint density at radius 3 is 2.23 bits per heavy atom. The zero-order valence-corrected chi connectivity index (χ0v) is 20.1. The summed E-state index contributed by atoms with van der Waals surface area (Å²) >= 11 is 19.2. The predicted molar refractivity (Wildman–Crippen MR) is 131 cm³/mol. The van der Waals surface area contributed by atoms with Gasteiger partial charge in [-0.3, -0.25) is 4.79 Å². The molecular weight excluding hydrogens is 523 g/mol. The smallest absolute Gasteiger partial charge is 0.338 e. The van der Waals surface area contributed by atoms with Gasteiger partial charge in [0.15, 0.2) is 5.75 Å². The SMILES string of the molecule is CCCOc1cc2c(-c3c(Cl)c(Cl)c(C(=O)O)c(C(=O)O)c3Cl)c3ccc(O)cc3oc-2cc1=O. The second-order valence-electron chi connectivity index (χ2n) is 7.48. The van der Waals surface area contributed by atoms with Gasteiger partial charge in [-0.1, -0.05) is 41.7 Å². The van der Waals surface area contributed by atoms with E-state index >= 15 is 0 Å². The Balaban J connectivity index is 2.24. The van der Waals surface area contributed by atoms with Crippen molar-refractivity contribution in [3.8, 4) is 33.9 Å². The summed E-state index contributed by atoms with van der Waals surface area (Å²) in [5, 5.41) is 28.3. The molecule has 2 aromatic carbocycles. The first-order valence-corrected chi connectivity index (χ1v) is 11.2. The number of hydrogen-bond acceptors (Lipinski definition) is 6. The van der Waals surface area contributed by atoms with Crippen LogP contribution in [0.2, 0.25) is 15.1 Å². The fourth-order valence-electron chi connectivity index (χ4n) is 3.76. The normalized spacial score (nSPS) is 11.2. The van der Waals surface area contributed by atoms with Crippen molar-refractivity contribution in [3.05, 3.63) is 66.7 Å². The van der Waals surface area contributed by atoms with Crippen LogP contribution < -0.4 is 10.2 Å². The second-order valence-corrected chi connectivity index (χ2v) is 8.61. The molecule has 0 radical (unpaired) electrons. The molecule has 0 fully saturated rings. The van der Waals surface area contributed by atoms with E-state index in [1.807, 2.05) is 6.92 Å². The molecule has 0 saturated carbocycles. The zero-order chi connectivity index (χ0) is 25.6. The van der Waals surface area contributed by atoms with Gasteiger partial charge >= 0.3 is 11.9 Å². The van der Waals surface area contributed by atoms with Gasteiger partial charge in [-0.05, 0) is 24.6 Å². The van der Waals surface area contributed by atoms with E-state index in [0.717, 1.165) is 0 Å². The van der Waals surface area contributed by atoms with Crippen molar-refractivity contribution >= 4 is 57.7 Å². The van der Waals surface area contributed by atoms with Crippen molar-refractivity contribution in [3.63, 3.8) is 0 Å². The number of fused-ring (bicyclic) bond motifs is 2. The lowest BCUT2D eigenvalue weighted by Gasteiger charge is -2.20. The van der Waals surface area contributed by atoms with E-state index in [-0.39, 0.29) is 51.2 Å². The molecule has 0 atom stereocenters. The summed E-state index contributed by atoms with van der Waals surface area (Å²) in [5.41, 5.74) is -1.48. The molecule has 0 spiro atoms. The predicted octanol–water partition coefficient (Wildman–Crippen LogP) is 6.42. The van der Waals surface area contributed by atoms with Crippen LogP contribution in [-0.4, -0.2) is 33.9 Å². The first kappa shape index (κ1) is 24.7. The third-order valence-electron chi connectivity index (χ3n) is 5.23. The highest BCUT2D eigenvalue weighted by atomic mass is 35.5. The molecule has 0 saturated heterocycles. The molecule has 8 nitrogen and oxygen atoms in total. The maximum atomic E-state index is 12.6. The van der Waals surface area contributed by atoms with Crippen LogP contribution in [0.3, 0.4) is 0 Å². The number of benzene rings is 3. The van der Waals surface area contributed by atoms with Gasteiger partial charge in [-0.15, -0.1) is 0 Å². The molecule has 1 aliphatic heterocycles. The van der Waals surface area contributed by atoms with Crippen LogP contribution in [-0.2, 0) is 0 Å². The highest BCUT2D eigenvalue weighted by Crippen LogP contribution is 2.50. The number of ether oxygens (including phenoxy) is 1. The monoisotopic (exact) mass is 536 g/mol. The van der Waals surface area contributed by atoms with Crippen molar-refractivity contribution in [2.45, 2.75) is 13.3 Å². The number of carboxylic acid groups (broad SMARTS) is 2. The molecule has 180 valence electrons. The molecule has 0 amide bonds. The third-order valence-corrected chi connectivity index (χ3v) is 6.46. The van der Waals surface area contributed by atoms with E-state index in [1.54, 1.807) is 0 Å². The highest BCUT2D eigenvalue weighted by molar-refractivity contribution is 6.49. The summed E-state index contributed by atoms with van der Waals surface area (Å²) in [6, 6.07) is 6.71. The Morgan fingerprint density at radius 1 is 0.943 bits per heavy atom. The van der Waals surface area contributed by atoms with E-state index in [4.69, 9.17) is 44.0 Å². The Morgan fingerprint density at radius 2 is 1.60 bits per heavy atom. The van der Waals surface area contributed by atoms with Crippen LogP contribution in [0.4, 0.5) is 0 Å². The van der Waals surface area contributed by atoms with Crippen molar-refractivity contribution in [2.24, 2.45) is 0 Å². The van der Waals surface area contributed by atoms with Crippen molar-refractivity contribution in [2.75, 3.05) is 6.61 Å². The van der Waals surface area contributed by atoms with Crippen LogP contribution in [0, 0.1) is 0 Å². The fraction of sp³-hybridized carbons (Fsp3) is 0.125. The third kappa shape index (κ3) is 4.14. The minimum atomic E-state index is -1.63. The van der Waals surface area contributed by atoms with Crippen LogP contribution in [0.1, 0.15) is 34.1 Å². The number of halogens is 3. The Bertz CT molecular complexity index is 1560. The van der Waals surface area contributed by atoms with Crippen LogP contribution in [0.25, 0.3) is 33.4 Å². The van der Waals surface area contributed by atoms with Gasteiger partial charge in [0.2, 0.25) is 5.43 Å². The van der Waals surface area contributed by atoms with Gasteiger partial charge < -0.3 is 24.5 Å². The largest absolute Gasteiger partial charge is 0.508 e. The number of carbonyl (C=O) groups is 2. The molecule has 35 heavy (non-hydrogen) atoms.